The number of aromatic nitrogens is 1. The number of carbonyl (C=O) groups is 1. The van der Waals surface area contributed by atoms with Gasteiger partial charge in [-0.1, -0.05) is 54.6 Å². The number of esters is 1. The predicted octanol–water partition coefficient (Wildman–Crippen LogP) is 3.40. The van der Waals surface area contributed by atoms with E-state index in [1.165, 1.54) is 6.07 Å². The van der Waals surface area contributed by atoms with Crippen LogP contribution in [0, 0.1) is 0 Å². The standard InChI is InChI=1S/C19H15NO3/c21-18-13-16(15-10-4-5-11-17(15)20-18)19(22)23-12-6-9-14-7-2-1-3-8-14/h1-11,13H,12H2,(H,20,21). The molecule has 0 fully saturated rings. The van der Waals surface area contributed by atoms with E-state index in [-0.39, 0.29) is 17.7 Å². The minimum absolute atomic E-state index is 0.148. The summed E-state index contributed by atoms with van der Waals surface area (Å²) in [7, 11) is 0. The Hall–Kier alpha value is -3.14. The minimum Gasteiger partial charge on any atom is -0.458 e. The van der Waals surface area contributed by atoms with Crippen molar-refractivity contribution in [3.8, 4) is 0 Å². The maximum Gasteiger partial charge on any atom is 0.339 e. The lowest BCUT2D eigenvalue weighted by Gasteiger charge is -2.05. The maximum absolute atomic E-state index is 12.2. The van der Waals surface area contributed by atoms with Crippen LogP contribution in [-0.2, 0) is 4.74 Å². The highest BCUT2D eigenvalue weighted by Crippen LogP contribution is 2.15. The van der Waals surface area contributed by atoms with E-state index in [2.05, 4.69) is 4.98 Å². The lowest BCUT2D eigenvalue weighted by atomic mass is 10.1. The zero-order valence-electron chi connectivity index (χ0n) is 12.4. The van der Waals surface area contributed by atoms with E-state index in [1.54, 1.807) is 24.3 Å². The van der Waals surface area contributed by atoms with Crippen LogP contribution in [0.3, 0.4) is 0 Å². The van der Waals surface area contributed by atoms with Crippen molar-refractivity contribution >= 4 is 22.9 Å². The molecule has 0 aliphatic heterocycles. The molecule has 0 spiro atoms. The predicted molar refractivity (Wildman–Crippen MR) is 90.3 cm³/mol. The quantitative estimate of drug-likeness (QED) is 0.752. The van der Waals surface area contributed by atoms with Gasteiger partial charge in [-0.05, 0) is 17.7 Å². The Morgan fingerprint density at radius 1 is 1.04 bits per heavy atom. The molecule has 23 heavy (non-hydrogen) atoms. The highest BCUT2D eigenvalue weighted by molar-refractivity contribution is 6.03. The van der Waals surface area contributed by atoms with Crippen LogP contribution in [0.5, 0.6) is 0 Å². The lowest BCUT2D eigenvalue weighted by Crippen LogP contribution is -2.12. The zero-order chi connectivity index (χ0) is 16.1. The van der Waals surface area contributed by atoms with Crippen molar-refractivity contribution in [2.75, 3.05) is 6.61 Å². The Morgan fingerprint density at radius 2 is 1.78 bits per heavy atom. The van der Waals surface area contributed by atoms with E-state index >= 15 is 0 Å². The molecule has 1 aromatic heterocycles. The van der Waals surface area contributed by atoms with Gasteiger partial charge >= 0.3 is 5.97 Å². The van der Waals surface area contributed by atoms with Crippen LogP contribution < -0.4 is 5.56 Å². The molecule has 0 amide bonds. The average molecular weight is 305 g/mol. The fourth-order valence-corrected chi connectivity index (χ4v) is 2.32. The summed E-state index contributed by atoms with van der Waals surface area (Å²) in [6.45, 7) is 0.148. The molecule has 1 N–H and O–H groups in total. The summed E-state index contributed by atoms with van der Waals surface area (Å²) in [5, 5.41) is 0.670. The molecule has 0 aliphatic carbocycles. The summed E-state index contributed by atoms with van der Waals surface area (Å²) < 4.78 is 5.23. The minimum atomic E-state index is -0.509. The molecular formula is C19H15NO3. The Morgan fingerprint density at radius 3 is 2.61 bits per heavy atom. The third-order valence-corrected chi connectivity index (χ3v) is 3.39. The molecule has 0 saturated carbocycles. The van der Waals surface area contributed by atoms with Crippen LogP contribution in [0.4, 0.5) is 0 Å². The molecule has 4 nitrogen and oxygen atoms in total. The summed E-state index contributed by atoms with van der Waals surface area (Å²) in [6, 6.07) is 18.2. The first-order valence-electron chi connectivity index (χ1n) is 7.25. The molecule has 0 aliphatic rings. The Labute approximate surface area is 133 Å². The molecule has 4 heteroatoms. The van der Waals surface area contributed by atoms with Gasteiger partial charge in [0.1, 0.15) is 6.61 Å². The molecule has 0 atom stereocenters. The molecule has 3 aromatic rings. The van der Waals surface area contributed by atoms with Crippen LogP contribution in [0.1, 0.15) is 15.9 Å². The first-order chi connectivity index (χ1) is 11.2. The molecule has 1 heterocycles. The summed E-state index contributed by atoms with van der Waals surface area (Å²) in [5.41, 5.74) is 1.60. The third kappa shape index (κ3) is 3.55. The van der Waals surface area contributed by atoms with Gasteiger partial charge in [0.25, 0.3) is 0 Å². The second-order valence-electron chi connectivity index (χ2n) is 5.00. The monoisotopic (exact) mass is 305 g/mol. The van der Waals surface area contributed by atoms with Crippen molar-refractivity contribution < 1.29 is 9.53 Å². The Bertz CT molecular complexity index is 911. The zero-order valence-corrected chi connectivity index (χ0v) is 12.4. The van der Waals surface area contributed by atoms with E-state index in [0.29, 0.717) is 10.9 Å². The number of pyridine rings is 1. The summed E-state index contributed by atoms with van der Waals surface area (Å²) in [6.07, 6.45) is 3.64. The summed E-state index contributed by atoms with van der Waals surface area (Å²) >= 11 is 0. The van der Waals surface area contributed by atoms with E-state index in [4.69, 9.17) is 4.74 Å². The molecule has 0 radical (unpaired) electrons. The molecule has 0 bridgehead atoms. The van der Waals surface area contributed by atoms with E-state index in [0.717, 1.165) is 5.56 Å². The largest absolute Gasteiger partial charge is 0.458 e. The van der Waals surface area contributed by atoms with Gasteiger partial charge in [0.05, 0.1) is 5.56 Å². The number of aromatic amines is 1. The fraction of sp³-hybridized carbons (Fsp3) is 0.0526. The first-order valence-corrected chi connectivity index (χ1v) is 7.25. The second-order valence-corrected chi connectivity index (χ2v) is 5.00. The highest BCUT2D eigenvalue weighted by Gasteiger charge is 2.12. The number of nitrogens with one attached hydrogen (secondary N) is 1. The summed E-state index contributed by atoms with van der Waals surface area (Å²) in [4.78, 5) is 26.6. The van der Waals surface area contributed by atoms with Crippen LogP contribution in [0.15, 0.2) is 71.5 Å². The number of hydrogen-bond donors (Lipinski definition) is 1. The van der Waals surface area contributed by atoms with Crippen molar-refractivity contribution in [3.63, 3.8) is 0 Å². The number of benzene rings is 2. The van der Waals surface area contributed by atoms with Gasteiger partial charge in [-0.25, -0.2) is 4.79 Å². The van der Waals surface area contributed by atoms with Gasteiger partial charge in [0.15, 0.2) is 0 Å². The average Bonchev–Trinajstić information content (AvgIpc) is 2.58. The van der Waals surface area contributed by atoms with E-state index < -0.39 is 5.97 Å². The number of para-hydroxylation sites is 1. The molecule has 0 unspecified atom stereocenters. The van der Waals surface area contributed by atoms with Gasteiger partial charge in [0.2, 0.25) is 5.56 Å². The van der Waals surface area contributed by atoms with Gasteiger partial charge in [-0.3, -0.25) is 4.79 Å². The van der Waals surface area contributed by atoms with Crippen molar-refractivity contribution in [3.05, 3.63) is 88.2 Å². The van der Waals surface area contributed by atoms with Gasteiger partial charge in [0, 0.05) is 17.0 Å². The number of hydrogen-bond acceptors (Lipinski definition) is 3. The first kappa shape index (κ1) is 14.8. The van der Waals surface area contributed by atoms with Crippen molar-refractivity contribution in [2.24, 2.45) is 0 Å². The smallest absolute Gasteiger partial charge is 0.339 e. The molecule has 0 saturated heterocycles. The van der Waals surface area contributed by atoms with Gasteiger partial charge in [-0.2, -0.15) is 0 Å². The second kappa shape index (κ2) is 6.75. The van der Waals surface area contributed by atoms with Gasteiger partial charge < -0.3 is 9.72 Å². The van der Waals surface area contributed by atoms with Crippen LogP contribution in [-0.4, -0.2) is 17.6 Å². The maximum atomic E-state index is 12.2. The molecule has 2 aromatic carbocycles. The number of H-pyrrole nitrogens is 1. The van der Waals surface area contributed by atoms with Crippen LogP contribution in [0.2, 0.25) is 0 Å². The molecule has 114 valence electrons. The van der Waals surface area contributed by atoms with Crippen LogP contribution in [0.25, 0.3) is 17.0 Å². The summed E-state index contributed by atoms with van der Waals surface area (Å²) in [5.74, 6) is -0.509. The van der Waals surface area contributed by atoms with Crippen molar-refractivity contribution in [1.29, 1.82) is 0 Å². The Balaban J connectivity index is 1.74. The third-order valence-electron chi connectivity index (χ3n) is 3.39. The lowest BCUT2D eigenvalue weighted by molar-refractivity contribution is 0.0552. The topological polar surface area (TPSA) is 59.2 Å². The van der Waals surface area contributed by atoms with Crippen molar-refractivity contribution in [1.82, 2.24) is 4.98 Å². The Kier molecular flexibility index (Phi) is 4.34. The van der Waals surface area contributed by atoms with Crippen LogP contribution >= 0.6 is 0 Å². The normalized spacial score (nSPS) is 11.0. The number of rotatable bonds is 4. The van der Waals surface area contributed by atoms with Gasteiger partial charge in [-0.15, -0.1) is 0 Å². The molecular weight excluding hydrogens is 290 g/mol. The fourth-order valence-electron chi connectivity index (χ4n) is 2.32. The number of carbonyl (C=O) groups excluding carboxylic acids is 1. The highest BCUT2D eigenvalue weighted by atomic mass is 16.5. The van der Waals surface area contributed by atoms with E-state index in [1.807, 2.05) is 42.5 Å². The van der Waals surface area contributed by atoms with Crippen molar-refractivity contribution in [2.45, 2.75) is 0 Å². The SMILES string of the molecule is O=C(OCC=Cc1ccccc1)c1cc(=O)[nH]c2ccccc12. The number of ether oxygens (including phenoxy) is 1. The number of fused-ring (bicyclic) bond motifs is 1. The molecule has 3 rings (SSSR count). The van der Waals surface area contributed by atoms with E-state index in [9.17, 15) is 9.59 Å².